The second-order valence-electron chi connectivity index (χ2n) is 4.53. The van der Waals surface area contributed by atoms with Crippen LogP contribution in [0.2, 0.25) is 0 Å². The molecule has 1 nitrogen and oxygen atoms in total. The van der Waals surface area contributed by atoms with Crippen LogP contribution >= 0.6 is 11.6 Å². The SMILES string of the molecule is CN1C[C@@H]2C[C@H]3C[C@H]2[C@@H]1[C@@H]3Cl. The summed E-state index contributed by atoms with van der Waals surface area (Å²) < 4.78 is 0. The van der Waals surface area contributed by atoms with E-state index in [1.807, 2.05) is 0 Å². The Morgan fingerprint density at radius 1 is 1.27 bits per heavy atom. The average molecular weight is 172 g/mol. The van der Waals surface area contributed by atoms with Crippen molar-refractivity contribution in [3.05, 3.63) is 0 Å². The molecule has 1 aliphatic heterocycles. The van der Waals surface area contributed by atoms with Crippen LogP contribution in [-0.2, 0) is 0 Å². The first-order valence-electron chi connectivity index (χ1n) is 4.61. The van der Waals surface area contributed by atoms with Crippen LogP contribution in [0.5, 0.6) is 0 Å². The van der Waals surface area contributed by atoms with Crippen LogP contribution in [0.4, 0.5) is 0 Å². The van der Waals surface area contributed by atoms with Crippen LogP contribution < -0.4 is 0 Å². The van der Waals surface area contributed by atoms with E-state index in [2.05, 4.69) is 11.9 Å². The second kappa shape index (κ2) is 1.94. The largest absolute Gasteiger partial charge is 0.301 e. The van der Waals surface area contributed by atoms with Gasteiger partial charge < -0.3 is 4.90 Å². The highest BCUT2D eigenvalue weighted by atomic mass is 35.5. The molecule has 1 heterocycles. The second-order valence-corrected chi connectivity index (χ2v) is 5.03. The van der Waals surface area contributed by atoms with Crippen molar-refractivity contribution < 1.29 is 0 Å². The number of alkyl halides is 1. The van der Waals surface area contributed by atoms with Crippen molar-refractivity contribution in [2.24, 2.45) is 17.8 Å². The highest BCUT2D eigenvalue weighted by Crippen LogP contribution is 2.56. The van der Waals surface area contributed by atoms with Crippen LogP contribution in [0, 0.1) is 17.8 Å². The standard InChI is InChI=1S/C9H14ClN/c1-11-4-6-2-5-3-7(6)9(11)8(5)10/h5-9H,2-4H2,1H3/t5-,6-,7+,8+,9+/m0/s1. The fourth-order valence-corrected chi connectivity index (χ4v) is 4.25. The third kappa shape index (κ3) is 0.671. The summed E-state index contributed by atoms with van der Waals surface area (Å²) in [5, 5.41) is 0.476. The lowest BCUT2D eigenvalue weighted by Gasteiger charge is -2.25. The van der Waals surface area contributed by atoms with E-state index in [1.54, 1.807) is 0 Å². The zero-order chi connectivity index (χ0) is 7.59. The average Bonchev–Trinajstić information content (AvgIpc) is 2.47. The van der Waals surface area contributed by atoms with Gasteiger partial charge in [-0.3, -0.25) is 0 Å². The number of fused-ring (bicyclic) bond motifs is 1. The van der Waals surface area contributed by atoms with Gasteiger partial charge in [0.2, 0.25) is 0 Å². The number of likely N-dealkylation sites (tertiary alicyclic amines) is 1. The van der Waals surface area contributed by atoms with Gasteiger partial charge in [-0.15, -0.1) is 11.6 Å². The molecule has 3 rings (SSSR count). The Balaban J connectivity index is 1.99. The van der Waals surface area contributed by atoms with E-state index in [1.165, 1.54) is 19.4 Å². The molecule has 3 fully saturated rings. The van der Waals surface area contributed by atoms with Gasteiger partial charge in [-0.2, -0.15) is 0 Å². The Bertz CT molecular complexity index is 188. The van der Waals surface area contributed by atoms with Crippen LogP contribution in [-0.4, -0.2) is 29.9 Å². The van der Waals surface area contributed by atoms with Gasteiger partial charge in [0.15, 0.2) is 0 Å². The zero-order valence-electron chi connectivity index (χ0n) is 6.83. The number of nitrogens with zero attached hydrogens (tertiary/aromatic N) is 1. The van der Waals surface area contributed by atoms with E-state index >= 15 is 0 Å². The van der Waals surface area contributed by atoms with E-state index in [-0.39, 0.29) is 0 Å². The van der Waals surface area contributed by atoms with Gasteiger partial charge >= 0.3 is 0 Å². The van der Waals surface area contributed by atoms with Crippen molar-refractivity contribution in [3.63, 3.8) is 0 Å². The Labute approximate surface area is 72.7 Å². The molecule has 62 valence electrons. The molecular weight excluding hydrogens is 158 g/mol. The highest BCUT2D eigenvalue weighted by Gasteiger charge is 2.57. The Kier molecular flexibility index (Phi) is 1.19. The van der Waals surface area contributed by atoms with Gasteiger partial charge in [0.1, 0.15) is 0 Å². The molecule has 2 heteroatoms. The molecular formula is C9H14ClN. The molecule has 0 unspecified atom stereocenters. The van der Waals surface area contributed by atoms with Gasteiger partial charge in [-0.05, 0) is 37.6 Å². The van der Waals surface area contributed by atoms with Gasteiger partial charge in [-0.25, -0.2) is 0 Å². The van der Waals surface area contributed by atoms with Crippen molar-refractivity contribution in [2.75, 3.05) is 13.6 Å². The van der Waals surface area contributed by atoms with Crippen molar-refractivity contribution in [1.29, 1.82) is 0 Å². The van der Waals surface area contributed by atoms with Crippen molar-refractivity contribution in [1.82, 2.24) is 4.90 Å². The van der Waals surface area contributed by atoms with E-state index in [0.29, 0.717) is 5.38 Å². The molecule has 0 aromatic carbocycles. The lowest BCUT2D eigenvalue weighted by molar-refractivity contribution is 0.288. The van der Waals surface area contributed by atoms with Crippen molar-refractivity contribution in [2.45, 2.75) is 24.3 Å². The predicted molar refractivity (Wildman–Crippen MR) is 45.8 cm³/mol. The van der Waals surface area contributed by atoms with Crippen LogP contribution in [0.3, 0.4) is 0 Å². The number of rotatable bonds is 0. The van der Waals surface area contributed by atoms with Gasteiger partial charge in [-0.1, -0.05) is 0 Å². The predicted octanol–water partition coefficient (Wildman–Crippen LogP) is 1.56. The van der Waals surface area contributed by atoms with Crippen LogP contribution in [0.1, 0.15) is 12.8 Å². The first-order valence-corrected chi connectivity index (χ1v) is 5.05. The minimum Gasteiger partial charge on any atom is -0.301 e. The Morgan fingerprint density at radius 3 is 2.73 bits per heavy atom. The van der Waals surface area contributed by atoms with E-state index in [0.717, 1.165) is 23.8 Å². The smallest absolute Gasteiger partial charge is 0.0522 e. The summed E-state index contributed by atoms with van der Waals surface area (Å²) in [5.74, 6) is 2.83. The quantitative estimate of drug-likeness (QED) is 0.500. The summed E-state index contributed by atoms with van der Waals surface area (Å²) in [7, 11) is 2.24. The number of hydrogen-bond donors (Lipinski definition) is 0. The highest BCUT2D eigenvalue weighted by molar-refractivity contribution is 6.21. The minimum atomic E-state index is 0.476. The summed E-state index contributed by atoms with van der Waals surface area (Å²) >= 11 is 6.35. The van der Waals surface area contributed by atoms with E-state index < -0.39 is 0 Å². The molecule has 0 radical (unpaired) electrons. The molecule has 11 heavy (non-hydrogen) atoms. The van der Waals surface area contributed by atoms with Gasteiger partial charge in [0, 0.05) is 12.6 Å². The maximum Gasteiger partial charge on any atom is 0.0522 e. The fourth-order valence-electron chi connectivity index (χ4n) is 3.67. The molecule has 0 amide bonds. The molecule has 0 aromatic rings. The van der Waals surface area contributed by atoms with Crippen molar-refractivity contribution in [3.8, 4) is 0 Å². The molecule has 2 bridgehead atoms. The summed E-state index contributed by atoms with van der Waals surface area (Å²) in [6, 6.07) is 0.736. The summed E-state index contributed by atoms with van der Waals surface area (Å²) in [4.78, 5) is 2.49. The van der Waals surface area contributed by atoms with Crippen LogP contribution in [0.15, 0.2) is 0 Å². The molecule has 0 aromatic heterocycles. The van der Waals surface area contributed by atoms with Crippen molar-refractivity contribution >= 4 is 11.6 Å². The van der Waals surface area contributed by atoms with E-state index in [9.17, 15) is 0 Å². The van der Waals surface area contributed by atoms with Crippen LogP contribution in [0.25, 0.3) is 0 Å². The third-order valence-corrected chi connectivity index (χ3v) is 4.65. The van der Waals surface area contributed by atoms with E-state index in [4.69, 9.17) is 11.6 Å². The summed E-state index contributed by atoms with van der Waals surface area (Å²) in [5.41, 5.74) is 0. The first-order chi connectivity index (χ1) is 5.27. The minimum absolute atomic E-state index is 0.476. The molecule has 3 aliphatic rings. The first kappa shape index (κ1) is 6.73. The lowest BCUT2D eigenvalue weighted by atomic mass is 9.90. The summed E-state index contributed by atoms with van der Waals surface area (Å²) in [6.45, 7) is 1.31. The maximum absolute atomic E-state index is 6.35. The molecule has 1 saturated heterocycles. The molecule has 5 atom stereocenters. The van der Waals surface area contributed by atoms with Gasteiger partial charge in [0.05, 0.1) is 5.38 Å². The third-order valence-electron chi connectivity index (χ3n) is 4.03. The maximum atomic E-state index is 6.35. The lowest BCUT2D eigenvalue weighted by Crippen LogP contribution is -2.35. The van der Waals surface area contributed by atoms with Gasteiger partial charge in [0.25, 0.3) is 0 Å². The number of halogens is 1. The Hall–Kier alpha value is 0.250. The number of hydrogen-bond acceptors (Lipinski definition) is 1. The normalized spacial score (nSPS) is 61.1. The molecule has 0 N–H and O–H groups in total. The topological polar surface area (TPSA) is 3.24 Å². The zero-order valence-corrected chi connectivity index (χ0v) is 7.59. The fraction of sp³-hybridized carbons (Fsp3) is 1.00. The monoisotopic (exact) mass is 171 g/mol. The molecule has 0 spiro atoms. The molecule has 2 saturated carbocycles. The summed E-state index contributed by atoms with van der Waals surface area (Å²) in [6.07, 6.45) is 2.84. The molecule has 2 aliphatic carbocycles. The Morgan fingerprint density at radius 2 is 2.09 bits per heavy atom.